The van der Waals surface area contributed by atoms with Gasteiger partial charge in [0.2, 0.25) is 0 Å². The third-order valence-electron chi connectivity index (χ3n) is 2.95. The fourth-order valence-electron chi connectivity index (χ4n) is 2.06. The fourth-order valence-corrected chi connectivity index (χ4v) is 2.06. The van der Waals surface area contributed by atoms with Gasteiger partial charge in [0.15, 0.2) is 5.69 Å². The van der Waals surface area contributed by atoms with E-state index in [1.165, 1.54) is 0 Å². The van der Waals surface area contributed by atoms with E-state index in [2.05, 4.69) is 15.5 Å². The van der Waals surface area contributed by atoms with E-state index in [4.69, 9.17) is 4.74 Å². The lowest BCUT2D eigenvalue weighted by molar-refractivity contribution is 0.0727. The summed E-state index contributed by atoms with van der Waals surface area (Å²) >= 11 is 0. The van der Waals surface area contributed by atoms with Gasteiger partial charge in [0.05, 0.1) is 5.69 Å². The van der Waals surface area contributed by atoms with Crippen molar-refractivity contribution in [2.75, 3.05) is 6.54 Å². The van der Waals surface area contributed by atoms with Crippen LogP contribution in [-0.4, -0.2) is 22.7 Å². The van der Waals surface area contributed by atoms with E-state index in [-0.39, 0.29) is 0 Å². The van der Waals surface area contributed by atoms with Crippen LogP contribution in [0.3, 0.4) is 0 Å². The predicted octanol–water partition coefficient (Wildman–Crippen LogP) is 1.27. The highest BCUT2D eigenvalue weighted by atomic mass is 16.5. The first kappa shape index (κ1) is 11.0. The number of para-hydroxylation sites is 1. The topological polar surface area (TPSA) is 67.0 Å². The SMILES string of the molecule is O=C(Oc1ccccc1)c1n[nH]c2c1CCNC2. The van der Waals surface area contributed by atoms with Crippen molar-refractivity contribution in [1.29, 1.82) is 0 Å². The molecule has 0 fully saturated rings. The van der Waals surface area contributed by atoms with Gasteiger partial charge in [-0.1, -0.05) is 18.2 Å². The monoisotopic (exact) mass is 243 g/mol. The van der Waals surface area contributed by atoms with Gasteiger partial charge in [-0.05, 0) is 25.1 Å². The van der Waals surface area contributed by atoms with Gasteiger partial charge in [-0.2, -0.15) is 5.10 Å². The molecule has 0 amide bonds. The number of H-pyrrole nitrogens is 1. The number of esters is 1. The molecule has 1 aromatic carbocycles. The number of fused-ring (bicyclic) bond motifs is 1. The summed E-state index contributed by atoms with van der Waals surface area (Å²) in [7, 11) is 0. The van der Waals surface area contributed by atoms with E-state index in [9.17, 15) is 4.79 Å². The zero-order valence-electron chi connectivity index (χ0n) is 9.77. The molecule has 1 aromatic heterocycles. The highest BCUT2D eigenvalue weighted by molar-refractivity contribution is 5.90. The quantitative estimate of drug-likeness (QED) is 0.616. The van der Waals surface area contributed by atoms with Crippen LogP contribution in [0.5, 0.6) is 5.75 Å². The smallest absolute Gasteiger partial charge is 0.364 e. The fraction of sp³-hybridized carbons (Fsp3) is 0.231. The van der Waals surface area contributed by atoms with Crippen molar-refractivity contribution in [3.8, 4) is 5.75 Å². The molecule has 3 rings (SSSR count). The van der Waals surface area contributed by atoms with E-state index in [1.807, 2.05) is 18.2 Å². The van der Waals surface area contributed by atoms with Crippen LogP contribution in [0.25, 0.3) is 0 Å². The molecule has 5 nitrogen and oxygen atoms in total. The molecule has 1 aliphatic rings. The molecule has 0 aliphatic carbocycles. The summed E-state index contributed by atoms with van der Waals surface area (Å²) in [4.78, 5) is 12.0. The minimum atomic E-state index is -0.402. The first-order valence-corrected chi connectivity index (χ1v) is 5.88. The van der Waals surface area contributed by atoms with Crippen molar-refractivity contribution in [3.63, 3.8) is 0 Å². The zero-order chi connectivity index (χ0) is 12.4. The third-order valence-corrected chi connectivity index (χ3v) is 2.95. The Bertz CT molecular complexity index is 563. The number of hydrogen-bond acceptors (Lipinski definition) is 4. The number of aromatic nitrogens is 2. The Balaban J connectivity index is 1.83. The van der Waals surface area contributed by atoms with Crippen LogP contribution in [0, 0.1) is 0 Å². The van der Waals surface area contributed by atoms with Gasteiger partial charge in [-0.15, -0.1) is 0 Å². The lowest BCUT2D eigenvalue weighted by Gasteiger charge is -2.12. The van der Waals surface area contributed by atoms with E-state index in [1.54, 1.807) is 12.1 Å². The molecule has 0 saturated heterocycles. The molecule has 2 N–H and O–H groups in total. The molecule has 5 heteroatoms. The van der Waals surface area contributed by atoms with Crippen LogP contribution in [0.15, 0.2) is 30.3 Å². The van der Waals surface area contributed by atoms with Gasteiger partial charge >= 0.3 is 5.97 Å². The van der Waals surface area contributed by atoms with Crippen molar-refractivity contribution in [2.45, 2.75) is 13.0 Å². The van der Waals surface area contributed by atoms with E-state index >= 15 is 0 Å². The van der Waals surface area contributed by atoms with E-state index in [0.29, 0.717) is 11.4 Å². The van der Waals surface area contributed by atoms with Gasteiger partial charge in [-0.25, -0.2) is 4.79 Å². The van der Waals surface area contributed by atoms with Crippen molar-refractivity contribution < 1.29 is 9.53 Å². The molecule has 1 aliphatic heterocycles. The lowest BCUT2D eigenvalue weighted by atomic mass is 10.1. The summed E-state index contributed by atoms with van der Waals surface area (Å²) in [5.41, 5.74) is 2.34. The number of aromatic amines is 1. The molecule has 0 atom stereocenters. The van der Waals surface area contributed by atoms with Gasteiger partial charge in [-0.3, -0.25) is 5.10 Å². The van der Waals surface area contributed by atoms with Crippen LogP contribution in [-0.2, 0) is 13.0 Å². The number of carbonyl (C=O) groups is 1. The standard InChI is InChI=1S/C13H13N3O2/c17-13(18-9-4-2-1-3-5-9)12-10-6-7-14-8-11(10)15-16-12/h1-5,14H,6-8H2,(H,15,16). The maximum atomic E-state index is 12.0. The highest BCUT2D eigenvalue weighted by Crippen LogP contribution is 2.18. The highest BCUT2D eigenvalue weighted by Gasteiger charge is 2.22. The Hall–Kier alpha value is -2.14. The molecule has 2 aromatic rings. The van der Waals surface area contributed by atoms with Crippen molar-refractivity contribution >= 4 is 5.97 Å². The minimum absolute atomic E-state index is 0.398. The summed E-state index contributed by atoms with van der Waals surface area (Å²) in [5, 5.41) is 10.2. The summed E-state index contributed by atoms with van der Waals surface area (Å²) in [6, 6.07) is 9.02. The first-order chi connectivity index (χ1) is 8.84. The summed E-state index contributed by atoms with van der Waals surface area (Å²) in [6.45, 7) is 1.58. The van der Waals surface area contributed by atoms with Crippen LogP contribution in [0.4, 0.5) is 0 Å². The molecule has 2 heterocycles. The largest absolute Gasteiger partial charge is 0.422 e. The molecule has 0 bridgehead atoms. The van der Waals surface area contributed by atoms with Crippen LogP contribution in [0.2, 0.25) is 0 Å². The Morgan fingerprint density at radius 2 is 2.11 bits per heavy atom. The number of ether oxygens (including phenoxy) is 1. The normalized spacial score (nSPS) is 14.0. The summed E-state index contributed by atoms with van der Waals surface area (Å²) in [5.74, 6) is 0.133. The first-order valence-electron chi connectivity index (χ1n) is 5.88. The maximum Gasteiger partial charge on any atom is 0.364 e. The minimum Gasteiger partial charge on any atom is -0.422 e. The van der Waals surface area contributed by atoms with Gasteiger partial charge < -0.3 is 10.1 Å². The average molecular weight is 243 g/mol. The van der Waals surface area contributed by atoms with Gasteiger partial charge in [0.1, 0.15) is 5.75 Å². The Morgan fingerprint density at radius 1 is 1.28 bits per heavy atom. The second-order valence-electron chi connectivity index (χ2n) is 4.16. The van der Waals surface area contributed by atoms with Gasteiger partial charge in [0, 0.05) is 12.1 Å². The van der Waals surface area contributed by atoms with E-state index < -0.39 is 5.97 Å². The van der Waals surface area contributed by atoms with Crippen molar-refractivity contribution in [3.05, 3.63) is 47.3 Å². The van der Waals surface area contributed by atoms with Crippen molar-refractivity contribution in [2.24, 2.45) is 0 Å². The number of benzene rings is 1. The molecular formula is C13H13N3O2. The molecule has 0 saturated carbocycles. The Kier molecular flexibility index (Phi) is 2.82. The average Bonchev–Trinajstić information content (AvgIpc) is 2.84. The molecule has 0 spiro atoms. The third kappa shape index (κ3) is 2.00. The van der Waals surface area contributed by atoms with Crippen molar-refractivity contribution in [1.82, 2.24) is 15.5 Å². The molecule has 92 valence electrons. The second-order valence-corrected chi connectivity index (χ2v) is 4.16. The zero-order valence-corrected chi connectivity index (χ0v) is 9.77. The predicted molar refractivity (Wildman–Crippen MR) is 65.4 cm³/mol. The molecule has 0 unspecified atom stereocenters. The number of carbonyl (C=O) groups excluding carboxylic acids is 1. The van der Waals surface area contributed by atoms with Crippen LogP contribution in [0.1, 0.15) is 21.7 Å². The van der Waals surface area contributed by atoms with E-state index in [0.717, 1.165) is 30.8 Å². The number of nitrogens with zero attached hydrogens (tertiary/aromatic N) is 1. The molecular weight excluding hydrogens is 230 g/mol. The summed E-state index contributed by atoms with van der Waals surface area (Å²) in [6.07, 6.45) is 0.797. The number of hydrogen-bond donors (Lipinski definition) is 2. The molecule has 18 heavy (non-hydrogen) atoms. The van der Waals surface area contributed by atoms with Gasteiger partial charge in [0.25, 0.3) is 0 Å². The lowest BCUT2D eigenvalue weighted by Crippen LogP contribution is -2.24. The van der Waals surface area contributed by atoms with Crippen LogP contribution < -0.4 is 10.1 Å². The Morgan fingerprint density at radius 3 is 2.94 bits per heavy atom. The second kappa shape index (κ2) is 4.62. The number of nitrogens with one attached hydrogen (secondary N) is 2. The number of rotatable bonds is 2. The van der Waals surface area contributed by atoms with Crippen LogP contribution >= 0.6 is 0 Å². The maximum absolute atomic E-state index is 12.0. The summed E-state index contributed by atoms with van der Waals surface area (Å²) < 4.78 is 5.28. The Labute approximate surface area is 104 Å². The molecule has 0 radical (unpaired) electrons.